The van der Waals surface area contributed by atoms with Crippen molar-refractivity contribution in [3.8, 4) is 5.69 Å². The zero-order valence-electron chi connectivity index (χ0n) is 13.9. The molecule has 0 aliphatic rings. The van der Waals surface area contributed by atoms with Crippen molar-refractivity contribution in [1.29, 1.82) is 0 Å². The lowest BCUT2D eigenvalue weighted by molar-refractivity contribution is 0.0469. The fraction of sp³-hybridized carbons (Fsp3) is 0.0526. The first kappa shape index (κ1) is 16.9. The van der Waals surface area contributed by atoms with Crippen LogP contribution in [0.5, 0.6) is 0 Å². The summed E-state index contributed by atoms with van der Waals surface area (Å²) in [6.45, 7) is 0.0620. The Labute approximate surface area is 156 Å². The number of carbonyl (C=O) groups excluding carboxylic acids is 1. The number of aromatic amines is 1. The maximum absolute atomic E-state index is 12.7. The van der Waals surface area contributed by atoms with Gasteiger partial charge in [-0.3, -0.25) is 4.79 Å². The number of ether oxygens (including phenoxy) is 1. The first-order chi connectivity index (χ1) is 13.1. The van der Waals surface area contributed by atoms with Gasteiger partial charge in [-0.1, -0.05) is 18.2 Å². The third-order valence-corrected chi connectivity index (χ3v) is 4.59. The minimum absolute atomic E-state index is 0.0620. The van der Waals surface area contributed by atoms with Crippen LogP contribution in [-0.4, -0.2) is 19.9 Å². The smallest absolute Gasteiger partial charge is 0.338 e. The van der Waals surface area contributed by atoms with Gasteiger partial charge < -0.3 is 9.72 Å². The van der Waals surface area contributed by atoms with Crippen LogP contribution in [0, 0.1) is 0 Å². The number of rotatable bonds is 4. The molecule has 8 heteroatoms. The quantitative estimate of drug-likeness (QED) is 0.550. The van der Waals surface area contributed by atoms with Crippen molar-refractivity contribution in [3.63, 3.8) is 0 Å². The molecule has 134 valence electrons. The molecule has 2 heterocycles. The summed E-state index contributed by atoms with van der Waals surface area (Å²) in [6, 6.07) is 14.8. The molecule has 0 aliphatic carbocycles. The third kappa shape index (κ3) is 3.30. The maximum Gasteiger partial charge on any atom is 0.338 e. The summed E-state index contributed by atoms with van der Waals surface area (Å²) >= 11 is 1.27. The Hall–Kier alpha value is -3.52. The number of hydrogen-bond donors (Lipinski definition) is 1. The Morgan fingerprint density at radius 2 is 1.93 bits per heavy atom. The van der Waals surface area contributed by atoms with E-state index in [2.05, 4.69) is 9.36 Å². The Morgan fingerprint density at radius 3 is 2.67 bits per heavy atom. The molecular weight excluding hydrogens is 366 g/mol. The zero-order chi connectivity index (χ0) is 18.8. The average molecular weight is 379 g/mol. The Bertz CT molecular complexity index is 1230. The highest BCUT2D eigenvalue weighted by Gasteiger charge is 2.13. The summed E-state index contributed by atoms with van der Waals surface area (Å²) in [5, 5.41) is 2.09. The molecule has 4 aromatic rings. The maximum atomic E-state index is 12.7. The molecule has 0 spiro atoms. The molecule has 2 aromatic heterocycles. The van der Waals surface area contributed by atoms with Crippen LogP contribution < -0.4 is 11.2 Å². The van der Waals surface area contributed by atoms with Gasteiger partial charge in [-0.25, -0.2) is 14.2 Å². The van der Waals surface area contributed by atoms with Gasteiger partial charge >= 0.3 is 11.7 Å². The molecule has 0 saturated carbocycles. The molecule has 7 nitrogen and oxygen atoms in total. The van der Waals surface area contributed by atoms with Crippen LogP contribution >= 0.6 is 11.5 Å². The van der Waals surface area contributed by atoms with Crippen LogP contribution in [0.2, 0.25) is 0 Å². The molecule has 0 aliphatic heterocycles. The average Bonchev–Trinajstić information content (AvgIpc) is 3.20. The van der Waals surface area contributed by atoms with Crippen molar-refractivity contribution in [1.82, 2.24) is 13.9 Å². The van der Waals surface area contributed by atoms with Crippen LogP contribution in [0.15, 0.2) is 69.6 Å². The highest BCUT2D eigenvalue weighted by molar-refractivity contribution is 7.03. The SMILES string of the molecule is O=C(OCc1ccsn1)c1ccc2c(=O)n(-c3ccccc3)c(=O)[nH]c2c1. The predicted octanol–water partition coefficient (Wildman–Crippen LogP) is 2.49. The van der Waals surface area contributed by atoms with E-state index in [9.17, 15) is 14.4 Å². The van der Waals surface area contributed by atoms with Gasteiger partial charge in [0.25, 0.3) is 5.56 Å². The first-order valence-corrected chi connectivity index (χ1v) is 8.88. The second kappa shape index (κ2) is 7.00. The fourth-order valence-electron chi connectivity index (χ4n) is 2.69. The summed E-state index contributed by atoms with van der Waals surface area (Å²) in [5.74, 6) is -0.557. The van der Waals surface area contributed by atoms with Crippen LogP contribution in [0.4, 0.5) is 0 Å². The number of nitrogens with one attached hydrogen (secondary N) is 1. The van der Waals surface area contributed by atoms with Crippen LogP contribution in [0.25, 0.3) is 16.6 Å². The van der Waals surface area contributed by atoms with Gasteiger partial charge in [0.1, 0.15) is 6.61 Å². The molecular formula is C19H13N3O4S. The van der Waals surface area contributed by atoms with Gasteiger partial charge in [0.2, 0.25) is 0 Å². The van der Waals surface area contributed by atoms with Gasteiger partial charge in [-0.05, 0) is 47.9 Å². The largest absolute Gasteiger partial charge is 0.456 e. The molecule has 2 aromatic carbocycles. The van der Waals surface area contributed by atoms with E-state index in [1.54, 1.807) is 41.8 Å². The number of carbonyl (C=O) groups is 1. The monoisotopic (exact) mass is 379 g/mol. The highest BCUT2D eigenvalue weighted by Crippen LogP contribution is 2.13. The van der Waals surface area contributed by atoms with Gasteiger partial charge in [0, 0.05) is 5.38 Å². The van der Waals surface area contributed by atoms with E-state index in [0.717, 1.165) is 4.57 Å². The number of nitrogens with zero attached hydrogens (tertiary/aromatic N) is 2. The number of benzene rings is 2. The molecule has 0 bridgehead atoms. The number of fused-ring (bicyclic) bond motifs is 1. The summed E-state index contributed by atoms with van der Waals surface area (Å²) in [6.07, 6.45) is 0. The second-order valence-electron chi connectivity index (χ2n) is 5.73. The van der Waals surface area contributed by atoms with E-state index in [1.807, 2.05) is 0 Å². The van der Waals surface area contributed by atoms with Gasteiger partial charge in [-0.15, -0.1) is 0 Å². The second-order valence-corrected chi connectivity index (χ2v) is 6.40. The van der Waals surface area contributed by atoms with Crippen molar-refractivity contribution in [2.45, 2.75) is 6.61 Å². The van der Waals surface area contributed by atoms with E-state index in [0.29, 0.717) is 16.8 Å². The molecule has 4 rings (SSSR count). The van der Waals surface area contributed by atoms with Gasteiger partial charge in [-0.2, -0.15) is 4.37 Å². The molecule has 1 N–H and O–H groups in total. The molecule has 0 atom stereocenters. The fourth-order valence-corrected chi connectivity index (χ4v) is 3.22. The van der Waals surface area contributed by atoms with Crippen molar-refractivity contribution in [3.05, 3.63) is 92.1 Å². The van der Waals surface area contributed by atoms with E-state index >= 15 is 0 Å². The standard InChI is InChI=1S/C19H13N3O4S/c23-17-15-7-6-12(18(24)26-11-13-8-9-27-21-13)10-16(15)20-19(25)22(17)14-4-2-1-3-5-14/h1-10H,11H2,(H,20,25). The van der Waals surface area contributed by atoms with E-state index < -0.39 is 17.2 Å². The van der Waals surface area contributed by atoms with Crippen molar-refractivity contribution >= 4 is 28.4 Å². The summed E-state index contributed by atoms with van der Waals surface area (Å²) in [5.41, 5.74) is 0.616. The lowest BCUT2D eigenvalue weighted by Gasteiger charge is -2.08. The molecule has 0 radical (unpaired) electrons. The minimum Gasteiger partial charge on any atom is -0.456 e. The Kier molecular flexibility index (Phi) is 4.39. The molecule has 0 amide bonds. The molecule has 27 heavy (non-hydrogen) atoms. The van der Waals surface area contributed by atoms with Gasteiger partial charge in [0.15, 0.2) is 0 Å². The third-order valence-electron chi connectivity index (χ3n) is 3.99. The summed E-state index contributed by atoms with van der Waals surface area (Å²) in [7, 11) is 0. The minimum atomic E-state index is -0.577. The molecule has 0 fully saturated rings. The van der Waals surface area contributed by atoms with Crippen molar-refractivity contribution < 1.29 is 9.53 Å². The van der Waals surface area contributed by atoms with E-state index in [4.69, 9.17) is 4.74 Å². The van der Waals surface area contributed by atoms with E-state index in [-0.39, 0.29) is 17.7 Å². The Balaban J connectivity index is 1.70. The number of para-hydroxylation sites is 1. The lowest BCUT2D eigenvalue weighted by atomic mass is 10.1. The van der Waals surface area contributed by atoms with E-state index in [1.165, 1.54) is 29.7 Å². The predicted molar refractivity (Wildman–Crippen MR) is 101 cm³/mol. The number of esters is 1. The zero-order valence-corrected chi connectivity index (χ0v) is 14.7. The molecule has 0 unspecified atom stereocenters. The number of aromatic nitrogens is 3. The number of H-pyrrole nitrogens is 1. The van der Waals surface area contributed by atoms with Crippen LogP contribution in [0.1, 0.15) is 16.1 Å². The molecule has 0 saturated heterocycles. The van der Waals surface area contributed by atoms with Gasteiger partial charge in [0.05, 0.1) is 27.8 Å². The first-order valence-electron chi connectivity index (χ1n) is 8.04. The Morgan fingerprint density at radius 1 is 1.11 bits per heavy atom. The topological polar surface area (TPSA) is 94.0 Å². The summed E-state index contributed by atoms with van der Waals surface area (Å²) < 4.78 is 10.3. The van der Waals surface area contributed by atoms with Crippen molar-refractivity contribution in [2.75, 3.05) is 0 Å². The number of hydrogen-bond acceptors (Lipinski definition) is 6. The highest BCUT2D eigenvalue weighted by atomic mass is 32.1. The normalized spacial score (nSPS) is 10.8. The van der Waals surface area contributed by atoms with Crippen molar-refractivity contribution in [2.24, 2.45) is 0 Å². The summed E-state index contributed by atoms with van der Waals surface area (Å²) in [4.78, 5) is 40.0. The van der Waals surface area contributed by atoms with Crippen LogP contribution in [0.3, 0.4) is 0 Å². The van der Waals surface area contributed by atoms with Crippen LogP contribution in [-0.2, 0) is 11.3 Å². The lowest BCUT2D eigenvalue weighted by Crippen LogP contribution is -2.33.